The van der Waals surface area contributed by atoms with Gasteiger partial charge in [0.05, 0.1) is 12.2 Å². The second-order valence-electron chi connectivity index (χ2n) is 6.54. The van der Waals surface area contributed by atoms with Gasteiger partial charge in [0.25, 0.3) is 11.8 Å². The van der Waals surface area contributed by atoms with Crippen molar-refractivity contribution in [1.29, 1.82) is 0 Å². The van der Waals surface area contributed by atoms with Gasteiger partial charge in [0, 0.05) is 17.3 Å². The summed E-state index contributed by atoms with van der Waals surface area (Å²) in [5.74, 6) is -0.589. The maximum absolute atomic E-state index is 13.2. The van der Waals surface area contributed by atoms with Crippen molar-refractivity contribution < 1.29 is 9.59 Å². The number of aromatic nitrogens is 1. The molecule has 2 heterocycles. The van der Waals surface area contributed by atoms with E-state index in [1.54, 1.807) is 12.3 Å². The monoisotopic (exact) mass is 354 g/mol. The van der Waals surface area contributed by atoms with E-state index in [2.05, 4.69) is 4.98 Å². The van der Waals surface area contributed by atoms with Crippen LogP contribution < -0.4 is 0 Å². The molecule has 4 nitrogen and oxygen atoms in total. The zero-order valence-corrected chi connectivity index (χ0v) is 14.9. The summed E-state index contributed by atoms with van der Waals surface area (Å²) in [6.07, 6.45) is 3.51. The maximum atomic E-state index is 13.2. The minimum atomic E-state index is -0.300. The molecule has 0 N–H and O–H groups in total. The number of imide groups is 1. The molecule has 27 heavy (non-hydrogen) atoms. The van der Waals surface area contributed by atoms with Gasteiger partial charge in [-0.15, -0.1) is 0 Å². The summed E-state index contributed by atoms with van der Waals surface area (Å²) in [5.41, 5.74) is 4.45. The Kier molecular flexibility index (Phi) is 4.38. The lowest BCUT2D eigenvalue weighted by atomic mass is 9.91. The van der Waals surface area contributed by atoms with Crippen LogP contribution in [0.3, 0.4) is 0 Å². The lowest BCUT2D eigenvalue weighted by Gasteiger charge is -2.28. The minimum absolute atomic E-state index is 0.151. The molecule has 0 fully saturated rings. The lowest BCUT2D eigenvalue weighted by Crippen LogP contribution is -2.41. The van der Waals surface area contributed by atoms with Gasteiger partial charge in [-0.1, -0.05) is 54.1 Å². The molecule has 0 spiro atoms. The van der Waals surface area contributed by atoms with E-state index < -0.39 is 0 Å². The standard InChI is InChI=1S/C23H18N2O2/c1-16-7-6-8-17(13-16)14-21-19-10-2-3-11-20(19)22(26)25(23(21)27)15-18-9-4-5-12-24-18/h2-14H,15H2,1H3. The van der Waals surface area contributed by atoms with Crippen LogP contribution in [-0.4, -0.2) is 21.7 Å². The number of fused-ring (bicyclic) bond motifs is 1. The summed E-state index contributed by atoms with van der Waals surface area (Å²) in [6.45, 7) is 2.16. The van der Waals surface area contributed by atoms with Crippen molar-refractivity contribution in [3.63, 3.8) is 0 Å². The topological polar surface area (TPSA) is 50.3 Å². The fourth-order valence-electron chi connectivity index (χ4n) is 3.27. The van der Waals surface area contributed by atoms with Crippen molar-refractivity contribution in [3.8, 4) is 0 Å². The number of hydrogen-bond acceptors (Lipinski definition) is 3. The van der Waals surface area contributed by atoms with Crippen LogP contribution in [0.4, 0.5) is 0 Å². The molecule has 4 rings (SSSR count). The molecule has 0 radical (unpaired) electrons. The largest absolute Gasteiger partial charge is 0.269 e. The molecular formula is C23H18N2O2. The first kappa shape index (κ1) is 16.9. The van der Waals surface area contributed by atoms with Gasteiger partial charge >= 0.3 is 0 Å². The molecule has 132 valence electrons. The first-order valence-corrected chi connectivity index (χ1v) is 8.77. The van der Waals surface area contributed by atoms with Crippen LogP contribution in [0.15, 0.2) is 72.9 Å². The van der Waals surface area contributed by atoms with Crippen molar-refractivity contribution >= 4 is 23.5 Å². The Morgan fingerprint density at radius 3 is 2.41 bits per heavy atom. The SMILES string of the molecule is Cc1cccc(C=C2C(=O)N(Cc3ccccn3)C(=O)c3ccccc32)c1. The van der Waals surface area contributed by atoms with Crippen LogP contribution in [0.2, 0.25) is 0 Å². The number of carbonyl (C=O) groups is 2. The van der Waals surface area contributed by atoms with Gasteiger partial charge in [0.15, 0.2) is 0 Å². The lowest BCUT2D eigenvalue weighted by molar-refractivity contribution is -0.123. The quantitative estimate of drug-likeness (QED) is 0.525. The summed E-state index contributed by atoms with van der Waals surface area (Å²) in [4.78, 5) is 31.7. The predicted molar refractivity (Wildman–Crippen MR) is 105 cm³/mol. The Labute approximate surface area is 157 Å². The van der Waals surface area contributed by atoms with E-state index in [0.717, 1.165) is 11.1 Å². The van der Waals surface area contributed by atoms with Gasteiger partial charge in [0.2, 0.25) is 0 Å². The Morgan fingerprint density at radius 1 is 0.889 bits per heavy atom. The van der Waals surface area contributed by atoms with E-state index in [1.807, 2.05) is 73.7 Å². The van der Waals surface area contributed by atoms with Crippen LogP contribution in [0, 0.1) is 6.92 Å². The molecule has 0 saturated carbocycles. The fourth-order valence-corrected chi connectivity index (χ4v) is 3.27. The summed E-state index contributed by atoms with van der Waals surface area (Å²) in [7, 11) is 0. The molecule has 2 amide bonds. The number of benzene rings is 2. The molecule has 0 bridgehead atoms. The molecule has 0 atom stereocenters. The Balaban J connectivity index is 1.81. The number of aryl methyl sites for hydroxylation is 1. The Morgan fingerprint density at radius 2 is 1.67 bits per heavy atom. The van der Waals surface area contributed by atoms with Gasteiger partial charge in [-0.3, -0.25) is 19.5 Å². The maximum Gasteiger partial charge on any atom is 0.261 e. The van der Waals surface area contributed by atoms with Gasteiger partial charge < -0.3 is 0 Å². The molecule has 1 aliphatic rings. The number of hydrogen-bond donors (Lipinski definition) is 0. The molecule has 1 aromatic heterocycles. The number of amides is 2. The van der Waals surface area contributed by atoms with E-state index in [4.69, 9.17) is 0 Å². The van der Waals surface area contributed by atoms with E-state index in [0.29, 0.717) is 22.4 Å². The van der Waals surface area contributed by atoms with Crippen molar-refractivity contribution in [2.75, 3.05) is 0 Å². The van der Waals surface area contributed by atoms with Gasteiger partial charge in [-0.25, -0.2) is 0 Å². The molecule has 0 unspecified atom stereocenters. The first-order valence-electron chi connectivity index (χ1n) is 8.77. The second-order valence-corrected chi connectivity index (χ2v) is 6.54. The number of rotatable bonds is 3. The van der Waals surface area contributed by atoms with Crippen LogP contribution in [0.5, 0.6) is 0 Å². The number of pyridine rings is 1. The summed E-state index contributed by atoms with van der Waals surface area (Å²) in [6, 6.07) is 20.6. The van der Waals surface area contributed by atoms with Crippen molar-refractivity contribution in [2.45, 2.75) is 13.5 Å². The summed E-state index contributed by atoms with van der Waals surface area (Å²) in [5, 5.41) is 0. The van der Waals surface area contributed by atoms with E-state index in [1.165, 1.54) is 4.90 Å². The third kappa shape index (κ3) is 3.29. The Bertz CT molecular complexity index is 1050. The molecular weight excluding hydrogens is 336 g/mol. The van der Waals surface area contributed by atoms with Gasteiger partial charge in [-0.2, -0.15) is 0 Å². The molecule has 1 aliphatic heterocycles. The van der Waals surface area contributed by atoms with Crippen molar-refractivity contribution in [1.82, 2.24) is 9.88 Å². The highest BCUT2D eigenvalue weighted by Gasteiger charge is 2.34. The highest BCUT2D eigenvalue weighted by molar-refractivity contribution is 6.33. The van der Waals surface area contributed by atoms with Crippen molar-refractivity contribution in [2.24, 2.45) is 0 Å². The third-order valence-corrected chi connectivity index (χ3v) is 4.57. The predicted octanol–water partition coefficient (Wildman–Crippen LogP) is 4.11. The third-order valence-electron chi connectivity index (χ3n) is 4.57. The van der Waals surface area contributed by atoms with Gasteiger partial charge in [-0.05, 0) is 42.3 Å². The zero-order chi connectivity index (χ0) is 18.8. The second kappa shape index (κ2) is 7.00. The Hall–Kier alpha value is -3.53. The van der Waals surface area contributed by atoms with Crippen LogP contribution in [0.25, 0.3) is 11.6 Å². The first-order chi connectivity index (χ1) is 13.1. The van der Waals surface area contributed by atoms with Gasteiger partial charge in [0.1, 0.15) is 0 Å². The highest BCUT2D eigenvalue weighted by Crippen LogP contribution is 2.31. The average Bonchev–Trinajstić information content (AvgIpc) is 2.69. The van der Waals surface area contributed by atoms with E-state index in [-0.39, 0.29) is 18.4 Å². The molecule has 3 aromatic rings. The molecule has 0 aliphatic carbocycles. The normalized spacial score (nSPS) is 15.1. The average molecular weight is 354 g/mol. The molecule has 4 heteroatoms. The smallest absolute Gasteiger partial charge is 0.261 e. The van der Waals surface area contributed by atoms with Crippen LogP contribution in [0.1, 0.15) is 32.7 Å². The van der Waals surface area contributed by atoms with Crippen LogP contribution >= 0.6 is 0 Å². The fraction of sp³-hybridized carbons (Fsp3) is 0.0870. The van der Waals surface area contributed by atoms with Crippen LogP contribution in [-0.2, 0) is 11.3 Å². The zero-order valence-electron chi connectivity index (χ0n) is 14.9. The highest BCUT2D eigenvalue weighted by atomic mass is 16.2. The summed E-state index contributed by atoms with van der Waals surface area (Å²) >= 11 is 0. The summed E-state index contributed by atoms with van der Waals surface area (Å²) < 4.78 is 0. The minimum Gasteiger partial charge on any atom is -0.269 e. The molecule has 2 aromatic carbocycles. The van der Waals surface area contributed by atoms with Crippen molar-refractivity contribution in [3.05, 3.63) is 101 Å². The van der Waals surface area contributed by atoms with E-state index >= 15 is 0 Å². The number of nitrogens with zero attached hydrogens (tertiary/aromatic N) is 2. The number of carbonyl (C=O) groups excluding carboxylic acids is 2. The molecule has 0 saturated heterocycles. The van der Waals surface area contributed by atoms with E-state index in [9.17, 15) is 9.59 Å².